The molecule has 3 heterocycles. The molecule has 5 rings (SSSR count). The minimum atomic E-state index is -0.0177. The van der Waals surface area contributed by atoms with E-state index in [0.717, 1.165) is 60.1 Å². The number of aryl methyl sites for hydroxylation is 1. The Bertz CT molecular complexity index is 1060. The number of amides is 1. The van der Waals surface area contributed by atoms with Crippen molar-refractivity contribution in [1.29, 1.82) is 0 Å². The Morgan fingerprint density at radius 3 is 2.66 bits per heavy atom. The molecule has 0 atom stereocenters. The summed E-state index contributed by atoms with van der Waals surface area (Å²) < 4.78 is 1.97. The van der Waals surface area contributed by atoms with Crippen LogP contribution in [-0.4, -0.2) is 44.6 Å². The van der Waals surface area contributed by atoms with Gasteiger partial charge in [0.2, 0.25) is 0 Å². The van der Waals surface area contributed by atoms with Crippen LogP contribution in [0.3, 0.4) is 0 Å². The maximum absolute atomic E-state index is 12.5. The molecule has 0 spiro atoms. The minimum absolute atomic E-state index is 0.0177. The van der Waals surface area contributed by atoms with Crippen molar-refractivity contribution in [3.05, 3.63) is 42.0 Å². The summed E-state index contributed by atoms with van der Waals surface area (Å²) in [4.78, 5) is 28.6. The van der Waals surface area contributed by atoms with Gasteiger partial charge in [0.15, 0.2) is 17.0 Å². The number of rotatable bonds is 4. The summed E-state index contributed by atoms with van der Waals surface area (Å²) in [6.07, 6.45) is 7.90. The highest BCUT2D eigenvalue weighted by molar-refractivity contribution is 5.95. The zero-order valence-electron chi connectivity index (χ0n) is 16.9. The van der Waals surface area contributed by atoms with Gasteiger partial charge in [-0.15, -0.1) is 0 Å². The molecule has 2 aromatic heterocycles. The van der Waals surface area contributed by atoms with Crippen LogP contribution in [0.5, 0.6) is 0 Å². The lowest BCUT2D eigenvalue weighted by Crippen LogP contribution is -2.33. The molecule has 7 heteroatoms. The number of benzene rings is 1. The van der Waals surface area contributed by atoms with Gasteiger partial charge in [-0.1, -0.05) is 13.0 Å². The molecule has 1 amide bonds. The van der Waals surface area contributed by atoms with Crippen LogP contribution in [0.1, 0.15) is 48.5 Å². The van der Waals surface area contributed by atoms with Gasteiger partial charge in [-0.3, -0.25) is 9.36 Å². The Hall–Kier alpha value is -2.96. The van der Waals surface area contributed by atoms with E-state index in [2.05, 4.69) is 32.1 Å². The number of fused-ring (bicyclic) bond motifs is 1. The molecule has 0 bridgehead atoms. The predicted octanol–water partition coefficient (Wildman–Crippen LogP) is 3.25. The summed E-state index contributed by atoms with van der Waals surface area (Å²) in [5, 5.41) is 3.06. The average molecular weight is 390 g/mol. The standard InChI is InChI=1S/C22H26N6O/c1-14-7-9-27(10-8-14)20-19-21(24-12-23-20)28(13-25-19)18-11-16(4-3-15(18)2)22(29)26-17-5-6-17/h3-4,11-14,17H,5-10H2,1-2H3,(H,26,29). The molecule has 3 aromatic rings. The van der Waals surface area contributed by atoms with Crippen molar-refractivity contribution in [2.24, 2.45) is 5.92 Å². The van der Waals surface area contributed by atoms with Crippen molar-refractivity contribution in [1.82, 2.24) is 24.8 Å². The Balaban J connectivity index is 1.52. The maximum Gasteiger partial charge on any atom is 0.251 e. The topological polar surface area (TPSA) is 75.9 Å². The highest BCUT2D eigenvalue weighted by Crippen LogP contribution is 2.28. The second kappa shape index (κ2) is 7.13. The van der Waals surface area contributed by atoms with Gasteiger partial charge in [0.1, 0.15) is 12.7 Å². The summed E-state index contributed by atoms with van der Waals surface area (Å²) >= 11 is 0. The van der Waals surface area contributed by atoms with E-state index >= 15 is 0 Å². The molecule has 2 aliphatic rings. The van der Waals surface area contributed by atoms with Crippen molar-refractivity contribution in [3.8, 4) is 5.69 Å². The van der Waals surface area contributed by atoms with E-state index in [0.29, 0.717) is 11.6 Å². The lowest BCUT2D eigenvalue weighted by molar-refractivity contribution is 0.0951. The van der Waals surface area contributed by atoms with Crippen LogP contribution in [0.15, 0.2) is 30.9 Å². The molecule has 1 saturated heterocycles. The lowest BCUT2D eigenvalue weighted by atomic mass is 9.99. The van der Waals surface area contributed by atoms with Crippen molar-refractivity contribution in [2.75, 3.05) is 18.0 Å². The number of carbonyl (C=O) groups is 1. The zero-order chi connectivity index (χ0) is 20.0. The van der Waals surface area contributed by atoms with Crippen LogP contribution in [0.2, 0.25) is 0 Å². The molecule has 0 radical (unpaired) electrons. The number of imidazole rings is 1. The van der Waals surface area contributed by atoms with Gasteiger partial charge in [-0.2, -0.15) is 0 Å². The van der Waals surface area contributed by atoms with Crippen LogP contribution in [0.4, 0.5) is 5.82 Å². The van der Waals surface area contributed by atoms with Gasteiger partial charge >= 0.3 is 0 Å². The predicted molar refractivity (Wildman–Crippen MR) is 112 cm³/mol. The molecule has 1 N–H and O–H groups in total. The van der Waals surface area contributed by atoms with E-state index in [1.54, 1.807) is 12.7 Å². The first-order valence-electron chi connectivity index (χ1n) is 10.4. The molecule has 1 aromatic carbocycles. The number of aromatic nitrogens is 4. The molecule has 2 fully saturated rings. The van der Waals surface area contributed by atoms with Gasteiger partial charge in [-0.25, -0.2) is 15.0 Å². The molecule has 1 aliphatic heterocycles. The van der Waals surface area contributed by atoms with Gasteiger partial charge in [0.05, 0.1) is 5.69 Å². The molecule has 0 unspecified atom stereocenters. The Morgan fingerprint density at radius 2 is 1.90 bits per heavy atom. The monoisotopic (exact) mass is 390 g/mol. The van der Waals surface area contributed by atoms with Crippen LogP contribution >= 0.6 is 0 Å². The molecular formula is C22H26N6O. The van der Waals surface area contributed by atoms with E-state index in [1.807, 2.05) is 29.7 Å². The highest BCUT2D eigenvalue weighted by atomic mass is 16.1. The normalized spacial score (nSPS) is 17.7. The van der Waals surface area contributed by atoms with Crippen LogP contribution in [0, 0.1) is 12.8 Å². The molecule has 150 valence electrons. The minimum Gasteiger partial charge on any atom is -0.355 e. The van der Waals surface area contributed by atoms with Crippen LogP contribution in [0.25, 0.3) is 16.9 Å². The Morgan fingerprint density at radius 1 is 1.10 bits per heavy atom. The Kier molecular flexibility index (Phi) is 4.45. The van der Waals surface area contributed by atoms with Gasteiger partial charge < -0.3 is 10.2 Å². The third kappa shape index (κ3) is 3.45. The van der Waals surface area contributed by atoms with Crippen molar-refractivity contribution in [2.45, 2.75) is 45.6 Å². The number of piperidine rings is 1. The summed E-state index contributed by atoms with van der Waals surface area (Å²) in [5.74, 6) is 1.64. The quantitative estimate of drug-likeness (QED) is 0.740. The van der Waals surface area contributed by atoms with E-state index in [-0.39, 0.29) is 5.91 Å². The summed E-state index contributed by atoms with van der Waals surface area (Å²) in [6, 6.07) is 6.13. The van der Waals surface area contributed by atoms with Crippen LogP contribution in [-0.2, 0) is 0 Å². The number of hydrogen-bond donors (Lipinski definition) is 1. The molecule has 1 aliphatic carbocycles. The SMILES string of the molecule is Cc1ccc(C(=O)NC2CC2)cc1-n1cnc2c(N3CCC(C)CC3)ncnc21. The number of hydrogen-bond acceptors (Lipinski definition) is 5. The maximum atomic E-state index is 12.5. The van der Waals surface area contributed by atoms with E-state index < -0.39 is 0 Å². The van der Waals surface area contributed by atoms with Gasteiger partial charge in [0, 0.05) is 24.7 Å². The first kappa shape index (κ1) is 18.1. The zero-order valence-corrected chi connectivity index (χ0v) is 16.9. The smallest absolute Gasteiger partial charge is 0.251 e. The van der Waals surface area contributed by atoms with Gasteiger partial charge in [-0.05, 0) is 56.2 Å². The van der Waals surface area contributed by atoms with E-state index in [4.69, 9.17) is 0 Å². The molecule has 1 saturated carbocycles. The van der Waals surface area contributed by atoms with E-state index in [1.165, 1.54) is 12.8 Å². The third-order valence-electron chi connectivity index (χ3n) is 6.04. The second-order valence-electron chi connectivity index (χ2n) is 8.40. The first-order chi connectivity index (χ1) is 14.1. The van der Waals surface area contributed by atoms with Gasteiger partial charge in [0.25, 0.3) is 5.91 Å². The van der Waals surface area contributed by atoms with Crippen LogP contribution < -0.4 is 10.2 Å². The van der Waals surface area contributed by atoms with E-state index in [9.17, 15) is 4.79 Å². The Labute approximate surface area is 170 Å². The fourth-order valence-corrected chi connectivity index (χ4v) is 3.96. The fraction of sp³-hybridized carbons (Fsp3) is 0.455. The fourth-order valence-electron chi connectivity index (χ4n) is 3.96. The van der Waals surface area contributed by atoms with Crippen molar-refractivity contribution in [3.63, 3.8) is 0 Å². The number of carbonyl (C=O) groups excluding carboxylic acids is 1. The average Bonchev–Trinajstić information content (AvgIpc) is 3.44. The highest BCUT2D eigenvalue weighted by Gasteiger charge is 2.25. The largest absolute Gasteiger partial charge is 0.355 e. The summed E-state index contributed by atoms with van der Waals surface area (Å²) in [6.45, 7) is 6.33. The number of nitrogens with zero attached hydrogens (tertiary/aromatic N) is 5. The first-order valence-corrected chi connectivity index (χ1v) is 10.4. The second-order valence-corrected chi connectivity index (χ2v) is 8.40. The number of anilines is 1. The van der Waals surface area contributed by atoms with Crippen molar-refractivity contribution >= 4 is 22.9 Å². The summed E-state index contributed by atoms with van der Waals surface area (Å²) in [7, 11) is 0. The number of nitrogens with one attached hydrogen (secondary N) is 1. The molecular weight excluding hydrogens is 364 g/mol. The van der Waals surface area contributed by atoms with Crippen molar-refractivity contribution < 1.29 is 4.79 Å². The summed E-state index contributed by atoms with van der Waals surface area (Å²) in [5.41, 5.74) is 4.25. The molecule has 7 nitrogen and oxygen atoms in total. The third-order valence-corrected chi connectivity index (χ3v) is 6.04. The lowest BCUT2D eigenvalue weighted by Gasteiger charge is -2.31. The molecule has 29 heavy (non-hydrogen) atoms.